The zero-order valence-corrected chi connectivity index (χ0v) is 14.3. The summed E-state index contributed by atoms with van der Waals surface area (Å²) in [6.45, 7) is 1.94. The lowest BCUT2D eigenvalue weighted by Gasteiger charge is -2.14. The van der Waals surface area contributed by atoms with Crippen LogP contribution >= 0.6 is 0 Å². The molecule has 0 fully saturated rings. The molecule has 0 saturated carbocycles. The second kappa shape index (κ2) is 8.26. The molecule has 0 aliphatic rings. The average Bonchev–Trinajstić information content (AvgIpc) is 2.62. The van der Waals surface area contributed by atoms with E-state index in [0.29, 0.717) is 11.1 Å². The third-order valence-electron chi connectivity index (χ3n) is 3.93. The second-order valence-electron chi connectivity index (χ2n) is 5.79. The highest BCUT2D eigenvalue weighted by Crippen LogP contribution is 2.22. The minimum atomic E-state index is -1.00. The lowest BCUT2D eigenvalue weighted by molar-refractivity contribution is -0.123. The summed E-state index contributed by atoms with van der Waals surface area (Å²) in [6, 6.07) is 16.1. The van der Waals surface area contributed by atoms with E-state index in [4.69, 9.17) is 5.73 Å². The highest BCUT2D eigenvalue weighted by molar-refractivity contribution is 6.24. The van der Waals surface area contributed by atoms with E-state index in [9.17, 15) is 14.7 Å². The van der Waals surface area contributed by atoms with Crippen LogP contribution in [0.4, 0.5) is 0 Å². The number of likely N-dealkylation sites (N-methyl/N-ethyl adjacent to an activating group) is 1. The van der Waals surface area contributed by atoms with Gasteiger partial charge in [0.1, 0.15) is 5.57 Å². The molecule has 1 unspecified atom stereocenters. The third kappa shape index (κ3) is 4.55. The molecule has 1 amide bonds. The minimum absolute atomic E-state index is 0.101. The van der Waals surface area contributed by atoms with Crippen LogP contribution < -0.4 is 11.1 Å². The number of carbonyl (C=O) groups is 2. The first kappa shape index (κ1) is 18.4. The molecule has 2 rings (SSSR count). The van der Waals surface area contributed by atoms with E-state index in [0.717, 1.165) is 5.56 Å². The van der Waals surface area contributed by atoms with Gasteiger partial charge in [0.2, 0.25) is 0 Å². The first-order valence-corrected chi connectivity index (χ1v) is 7.99. The van der Waals surface area contributed by atoms with Gasteiger partial charge in [0, 0.05) is 13.5 Å². The van der Waals surface area contributed by atoms with E-state index in [1.165, 1.54) is 7.05 Å². The van der Waals surface area contributed by atoms with Crippen molar-refractivity contribution in [1.29, 1.82) is 0 Å². The highest BCUT2D eigenvalue weighted by Gasteiger charge is 2.24. The monoisotopic (exact) mass is 338 g/mol. The maximum atomic E-state index is 12.7. The maximum absolute atomic E-state index is 12.7. The highest BCUT2D eigenvalue weighted by atomic mass is 16.3. The summed E-state index contributed by atoms with van der Waals surface area (Å²) in [5, 5.41) is 12.7. The molecule has 1 atom stereocenters. The zero-order valence-electron chi connectivity index (χ0n) is 14.3. The summed E-state index contributed by atoms with van der Waals surface area (Å²) < 4.78 is 0. The van der Waals surface area contributed by atoms with Crippen molar-refractivity contribution in [2.75, 3.05) is 7.05 Å². The Morgan fingerprint density at radius 3 is 2.24 bits per heavy atom. The van der Waals surface area contributed by atoms with Gasteiger partial charge in [0.05, 0.1) is 11.8 Å². The number of carbonyl (C=O) groups excluding carboxylic acids is 2. The van der Waals surface area contributed by atoms with Gasteiger partial charge < -0.3 is 16.2 Å². The lowest BCUT2D eigenvalue weighted by Crippen LogP contribution is -2.28. The van der Waals surface area contributed by atoms with E-state index in [1.807, 2.05) is 25.1 Å². The Balaban J connectivity index is 2.33. The van der Waals surface area contributed by atoms with Crippen LogP contribution in [0.25, 0.3) is 5.70 Å². The normalized spacial score (nSPS) is 12.9. The first-order chi connectivity index (χ1) is 11.9. The molecule has 25 heavy (non-hydrogen) atoms. The predicted molar refractivity (Wildman–Crippen MR) is 97.4 cm³/mol. The fourth-order valence-corrected chi connectivity index (χ4v) is 2.47. The summed E-state index contributed by atoms with van der Waals surface area (Å²) in [5.41, 5.74) is 8.31. The first-order valence-electron chi connectivity index (χ1n) is 7.99. The number of aliphatic hydroxyl groups is 1. The molecule has 5 heteroatoms. The summed E-state index contributed by atoms with van der Waals surface area (Å²) in [6.07, 6.45) is -1.22. The third-order valence-corrected chi connectivity index (χ3v) is 3.93. The number of nitrogens with one attached hydrogen (secondary N) is 1. The zero-order chi connectivity index (χ0) is 18.4. The number of ketones is 1. The van der Waals surface area contributed by atoms with Gasteiger partial charge in [-0.1, -0.05) is 60.2 Å². The number of amides is 1. The molecule has 0 aromatic heterocycles. The largest absolute Gasteiger partial charge is 0.397 e. The Bertz CT molecular complexity index is 780. The molecule has 4 N–H and O–H groups in total. The minimum Gasteiger partial charge on any atom is -0.397 e. The smallest absolute Gasteiger partial charge is 0.256 e. The van der Waals surface area contributed by atoms with Crippen LogP contribution in [0.15, 0.2) is 60.2 Å². The number of benzene rings is 2. The number of Topliss-reactive ketones (excluding diaryl/α,β-unsaturated/α-hetero) is 1. The van der Waals surface area contributed by atoms with Crippen molar-refractivity contribution in [2.24, 2.45) is 5.73 Å². The van der Waals surface area contributed by atoms with E-state index >= 15 is 0 Å². The van der Waals surface area contributed by atoms with Crippen molar-refractivity contribution in [3.05, 3.63) is 76.9 Å². The van der Waals surface area contributed by atoms with Crippen molar-refractivity contribution in [2.45, 2.75) is 19.4 Å². The topological polar surface area (TPSA) is 92.4 Å². The molecular weight excluding hydrogens is 316 g/mol. The fraction of sp³-hybridized carbons (Fsp3) is 0.200. The van der Waals surface area contributed by atoms with Gasteiger partial charge in [-0.2, -0.15) is 0 Å². The Labute approximate surface area is 147 Å². The number of aliphatic hydroxyl groups excluding tert-OH is 1. The van der Waals surface area contributed by atoms with Crippen molar-refractivity contribution in [3.63, 3.8) is 0 Å². The number of aryl methyl sites for hydroxylation is 1. The molecule has 0 aliphatic carbocycles. The van der Waals surface area contributed by atoms with Crippen molar-refractivity contribution in [3.8, 4) is 0 Å². The summed E-state index contributed by atoms with van der Waals surface area (Å²) in [4.78, 5) is 24.9. The molecule has 0 heterocycles. The van der Waals surface area contributed by atoms with E-state index < -0.39 is 17.8 Å². The SMILES string of the molecule is CNC(=O)C(C(=O)CC(O)c1ccccc1)=C(N)c1ccc(C)cc1. The van der Waals surface area contributed by atoms with Crippen molar-refractivity contribution >= 4 is 17.4 Å². The van der Waals surface area contributed by atoms with Crippen LogP contribution in [-0.2, 0) is 9.59 Å². The van der Waals surface area contributed by atoms with Crippen LogP contribution in [0.5, 0.6) is 0 Å². The number of nitrogens with two attached hydrogens (primary N) is 1. The molecule has 5 nitrogen and oxygen atoms in total. The number of rotatable bonds is 6. The van der Waals surface area contributed by atoms with Gasteiger partial charge in [-0.15, -0.1) is 0 Å². The van der Waals surface area contributed by atoms with Crippen LogP contribution in [0.3, 0.4) is 0 Å². The summed E-state index contributed by atoms with van der Waals surface area (Å²) >= 11 is 0. The van der Waals surface area contributed by atoms with Gasteiger partial charge in [-0.25, -0.2) is 0 Å². The van der Waals surface area contributed by atoms with E-state index in [1.54, 1.807) is 36.4 Å². The van der Waals surface area contributed by atoms with Gasteiger partial charge in [-0.3, -0.25) is 9.59 Å². The van der Waals surface area contributed by atoms with Gasteiger partial charge >= 0.3 is 0 Å². The van der Waals surface area contributed by atoms with Crippen LogP contribution in [0.1, 0.15) is 29.2 Å². The van der Waals surface area contributed by atoms with Crippen molar-refractivity contribution < 1.29 is 14.7 Å². The van der Waals surface area contributed by atoms with Gasteiger partial charge in [0.15, 0.2) is 5.78 Å². The molecular formula is C20H22N2O3. The predicted octanol–water partition coefficient (Wildman–Crippen LogP) is 2.10. The molecule has 2 aromatic carbocycles. The quantitative estimate of drug-likeness (QED) is 0.427. The Kier molecular flexibility index (Phi) is 6.08. The standard InChI is InChI=1S/C20H22N2O3/c1-13-8-10-15(11-9-13)19(21)18(20(25)22-2)17(24)12-16(23)14-6-4-3-5-7-14/h3-11,16,23H,12,21H2,1-2H3,(H,22,25). The fourth-order valence-electron chi connectivity index (χ4n) is 2.47. The number of hydrogen-bond donors (Lipinski definition) is 3. The van der Waals surface area contributed by atoms with Gasteiger partial charge in [-0.05, 0) is 18.1 Å². The molecule has 130 valence electrons. The Morgan fingerprint density at radius 2 is 1.68 bits per heavy atom. The molecule has 0 spiro atoms. The molecule has 2 aromatic rings. The molecule has 0 aliphatic heterocycles. The Hall–Kier alpha value is -2.92. The Morgan fingerprint density at radius 1 is 1.08 bits per heavy atom. The second-order valence-corrected chi connectivity index (χ2v) is 5.79. The average molecular weight is 338 g/mol. The lowest BCUT2D eigenvalue weighted by atomic mass is 9.96. The van der Waals surface area contributed by atoms with Crippen molar-refractivity contribution in [1.82, 2.24) is 5.32 Å². The molecule has 0 radical (unpaired) electrons. The summed E-state index contributed by atoms with van der Waals surface area (Å²) in [7, 11) is 1.44. The van der Waals surface area contributed by atoms with Gasteiger partial charge in [0.25, 0.3) is 5.91 Å². The van der Waals surface area contributed by atoms with E-state index in [2.05, 4.69) is 5.32 Å². The molecule has 0 saturated heterocycles. The van der Waals surface area contributed by atoms with Crippen LogP contribution in [-0.4, -0.2) is 23.8 Å². The maximum Gasteiger partial charge on any atom is 0.256 e. The van der Waals surface area contributed by atoms with Crippen LogP contribution in [0, 0.1) is 6.92 Å². The molecule has 0 bridgehead atoms. The summed E-state index contributed by atoms with van der Waals surface area (Å²) in [5.74, 6) is -1.07. The van der Waals surface area contributed by atoms with Crippen LogP contribution in [0.2, 0.25) is 0 Å². The van der Waals surface area contributed by atoms with E-state index in [-0.39, 0.29) is 17.7 Å². The number of hydrogen-bond acceptors (Lipinski definition) is 4.